The fraction of sp³-hybridized carbons (Fsp3) is 0.222. The molecule has 0 aromatic rings. The molecule has 3 N–H and O–H groups in total. The summed E-state index contributed by atoms with van der Waals surface area (Å²) in [4.78, 5) is 29.2. The summed E-state index contributed by atoms with van der Waals surface area (Å²) in [6, 6.07) is 0. The lowest BCUT2D eigenvalue weighted by Gasteiger charge is -1.91. The second-order valence-corrected chi connectivity index (χ2v) is 2.32. The van der Waals surface area contributed by atoms with Crippen molar-refractivity contribution in [2.45, 2.75) is 13.3 Å². The summed E-state index contributed by atoms with van der Waals surface area (Å²) in [5, 5.41) is 23.9. The summed E-state index contributed by atoms with van der Waals surface area (Å²) in [6.45, 7) is 4.67. The summed E-state index contributed by atoms with van der Waals surface area (Å²) >= 11 is 0. The average Bonchev–Trinajstić information content (AvgIpc) is 2.03. The molecule has 0 radical (unpaired) electrons. The summed E-state index contributed by atoms with van der Waals surface area (Å²) in [5.74, 6) is -3.34. The molecule has 6 nitrogen and oxygen atoms in total. The van der Waals surface area contributed by atoms with E-state index in [9.17, 15) is 14.4 Å². The Kier molecular flexibility index (Phi) is 22.0. The minimum Gasteiger partial charge on any atom is -0.481 e. The van der Waals surface area contributed by atoms with Gasteiger partial charge in [-0.05, 0) is 6.92 Å². The second kappa shape index (κ2) is 15.0. The molecule has 0 saturated heterocycles. The van der Waals surface area contributed by atoms with Gasteiger partial charge in [-0.25, -0.2) is 9.59 Å². The van der Waals surface area contributed by atoms with Crippen LogP contribution in [-0.2, 0) is 14.4 Å². The van der Waals surface area contributed by atoms with Crippen LogP contribution >= 0.6 is 0 Å². The fourth-order valence-electron chi connectivity index (χ4n) is 0.401. The number of carbonyl (C=O) groups is 3. The van der Waals surface area contributed by atoms with Crippen molar-refractivity contribution in [3.8, 4) is 0 Å². The van der Waals surface area contributed by atoms with Crippen molar-refractivity contribution in [3.05, 3.63) is 24.3 Å². The van der Waals surface area contributed by atoms with Gasteiger partial charge >= 0.3 is 17.9 Å². The van der Waals surface area contributed by atoms with E-state index in [1.165, 1.54) is 6.08 Å². The number of hydrogen-bond acceptors (Lipinski definition) is 3. The largest absolute Gasteiger partial charge is 0.481 e. The van der Waals surface area contributed by atoms with E-state index >= 15 is 0 Å². The van der Waals surface area contributed by atoms with Crippen LogP contribution in [0.2, 0.25) is 0 Å². The third-order valence-electron chi connectivity index (χ3n) is 0.976. The lowest BCUT2D eigenvalue weighted by Crippen LogP contribution is -2.04. The Hall–Kier alpha value is -1.05. The SMILES string of the molecule is C=C(CC(=O)O)C(=O)O.CC=CC(=O)O.[AlH3].[AlH3]. The molecule has 96 valence electrons. The molecule has 0 aliphatic rings. The molecule has 0 aliphatic carbocycles. The van der Waals surface area contributed by atoms with Gasteiger partial charge in [-0.15, -0.1) is 0 Å². The zero-order chi connectivity index (χ0) is 12.4. The molecule has 0 fully saturated rings. The van der Waals surface area contributed by atoms with Crippen LogP contribution in [0.4, 0.5) is 0 Å². The van der Waals surface area contributed by atoms with E-state index in [2.05, 4.69) is 6.58 Å². The van der Waals surface area contributed by atoms with E-state index in [4.69, 9.17) is 15.3 Å². The minimum absolute atomic E-state index is 0. The quantitative estimate of drug-likeness (QED) is 0.420. The van der Waals surface area contributed by atoms with Crippen LogP contribution in [0.3, 0.4) is 0 Å². The van der Waals surface area contributed by atoms with Gasteiger partial charge in [-0.1, -0.05) is 12.7 Å². The average molecular weight is 276 g/mol. The fourth-order valence-corrected chi connectivity index (χ4v) is 0.401. The molecule has 0 aromatic carbocycles. The van der Waals surface area contributed by atoms with Gasteiger partial charge in [0.2, 0.25) is 0 Å². The molecule has 0 atom stereocenters. The number of carboxylic acids is 3. The van der Waals surface area contributed by atoms with Gasteiger partial charge in [-0.2, -0.15) is 0 Å². The Morgan fingerprint density at radius 1 is 1.12 bits per heavy atom. The van der Waals surface area contributed by atoms with Crippen molar-refractivity contribution < 1.29 is 29.7 Å². The van der Waals surface area contributed by atoms with Crippen LogP contribution in [0.25, 0.3) is 0 Å². The molecule has 0 saturated carbocycles. The third-order valence-corrected chi connectivity index (χ3v) is 0.976. The van der Waals surface area contributed by atoms with Gasteiger partial charge in [0, 0.05) is 11.6 Å². The summed E-state index contributed by atoms with van der Waals surface area (Å²) in [5.41, 5.74) is -0.303. The van der Waals surface area contributed by atoms with Gasteiger partial charge in [0.1, 0.15) is 0 Å². The molecule has 0 heterocycles. The van der Waals surface area contributed by atoms with Crippen molar-refractivity contribution in [2.24, 2.45) is 0 Å². The van der Waals surface area contributed by atoms with Crippen LogP contribution in [0, 0.1) is 0 Å². The van der Waals surface area contributed by atoms with Crippen LogP contribution in [-0.4, -0.2) is 67.9 Å². The van der Waals surface area contributed by atoms with Crippen LogP contribution in [0.15, 0.2) is 24.3 Å². The summed E-state index contributed by atoms with van der Waals surface area (Å²) < 4.78 is 0. The minimum atomic E-state index is -1.27. The van der Waals surface area contributed by atoms with Gasteiger partial charge in [0.15, 0.2) is 34.7 Å². The predicted molar refractivity (Wildman–Crippen MR) is 71.4 cm³/mol. The van der Waals surface area contributed by atoms with Crippen molar-refractivity contribution in [1.29, 1.82) is 0 Å². The van der Waals surface area contributed by atoms with E-state index in [1.807, 2.05) is 0 Å². The highest BCUT2D eigenvalue weighted by Gasteiger charge is 2.07. The van der Waals surface area contributed by atoms with Crippen molar-refractivity contribution in [3.63, 3.8) is 0 Å². The number of hydrogen-bond donors (Lipinski definition) is 3. The Morgan fingerprint density at radius 2 is 1.53 bits per heavy atom. The van der Waals surface area contributed by atoms with Gasteiger partial charge < -0.3 is 15.3 Å². The molecule has 17 heavy (non-hydrogen) atoms. The number of rotatable bonds is 4. The lowest BCUT2D eigenvalue weighted by atomic mass is 10.2. The first kappa shape index (κ1) is 25.0. The highest BCUT2D eigenvalue weighted by Crippen LogP contribution is 1.95. The summed E-state index contributed by atoms with van der Waals surface area (Å²) in [7, 11) is 0. The third kappa shape index (κ3) is 25.3. The molecule has 0 spiro atoms. The molecular formula is C9H18Al2O6. The van der Waals surface area contributed by atoms with Crippen LogP contribution in [0.1, 0.15) is 13.3 Å². The molecule has 0 aromatic heterocycles. The first-order valence-corrected chi connectivity index (χ1v) is 3.79. The first-order chi connectivity index (χ1) is 6.81. The van der Waals surface area contributed by atoms with E-state index in [-0.39, 0.29) is 40.3 Å². The molecule has 0 unspecified atom stereocenters. The first-order valence-electron chi connectivity index (χ1n) is 3.79. The predicted octanol–water partition coefficient (Wildman–Crippen LogP) is -1.62. The topological polar surface area (TPSA) is 112 Å². The molecule has 8 heteroatoms. The number of carboxylic acid groups (broad SMARTS) is 3. The van der Waals surface area contributed by atoms with Gasteiger partial charge in [0.25, 0.3) is 0 Å². The van der Waals surface area contributed by atoms with Gasteiger partial charge in [0.05, 0.1) is 6.42 Å². The normalized spacial score (nSPS) is 7.82. The van der Waals surface area contributed by atoms with E-state index in [0.29, 0.717) is 0 Å². The Balaban J connectivity index is -0.0000000945. The van der Waals surface area contributed by atoms with Gasteiger partial charge in [-0.3, -0.25) is 4.79 Å². The Morgan fingerprint density at radius 3 is 1.59 bits per heavy atom. The highest BCUT2D eigenvalue weighted by atomic mass is 27.0. The molecule has 0 rings (SSSR count). The van der Waals surface area contributed by atoms with Crippen molar-refractivity contribution in [1.82, 2.24) is 0 Å². The molecule has 0 amide bonds. The zero-order valence-electron chi connectivity index (χ0n) is 8.14. The number of aliphatic carboxylic acids is 3. The van der Waals surface area contributed by atoms with Crippen LogP contribution < -0.4 is 0 Å². The number of allylic oxidation sites excluding steroid dienone is 1. The Bertz CT molecular complexity index is 298. The highest BCUT2D eigenvalue weighted by molar-refractivity contribution is 5.91. The Labute approximate surface area is 120 Å². The maximum atomic E-state index is 9.87. The standard InChI is InChI=1S/C5H6O4.C4H6O2.2Al.6H/c1-3(5(8)9)2-4(6)7;1-2-3-4(5)6;;;;;;;;/h1-2H2,(H,6,7)(H,8,9);2-3H,1H3,(H,5,6);;;;;;;;. The molecule has 0 aliphatic heterocycles. The van der Waals surface area contributed by atoms with Crippen molar-refractivity contribution in [2.75, 3.05) is 0 Å². The van der Waals surface area contributed by atoms with E-state index in [0.717, 1.165) is 6.08 Å². The van der Waals surface area contributed by atoms with Crippen LogP contribution in [0.5, 0.6) is 0 Å². The maximum Gasteiger partial charge on any atom is 0.331 e. The maximum absolute atomic E-state index is 9.87. The monoisotopic (exact) mass is 276 g/mol. The van der Waals surface area contributed by atoms with Crippen molar-refractivity contribution >= 4 is 52.6 Å². The van der Waals surface area contributed by atoms with E-state index < -0.39 is 24.3 Å². The molecule has 0 bridgehead atoms. The zero-order valence-corrected chi connectivity index (χ0v) is 8.14. The smallest absolute Gasteiger partial charge is 0.331 e. The second-order valence-electron chi connectivity index (χ2n) is 2.32. The molecular weight excluding hydrogens is 258 g/mol. The summed E-state index contributed by atoms with van der Waals surface area (Å²) in [6.07, 6.45) is 2.05. The van der Waals surface area contributed by atoms with E-state index in [1.54, 1.807) is 6.92 Å². The lowest BCUT2D eigenvalue weighted by molar-refractivity contribution is -0.139.